The highest BCUT2D eigenvalue weighted by atomic mass is 16.6. The molecule has 15 heavy (non-hydrogen) atoms. The fourth-order valence-electron chi connectivity index (χ4n) is 1.25. The van der Waals surface area contributed by atoms with Crippen molar-refractivity contribution >= 4 is 6.21 Å². The van der Waals surface area contributed by atoms with Gasteiger partial charge in [0, 0.05) is 0 Å². The Kier molecular flexibility index (Phi) is 5.52. The second-order valence-corrected chi connectivity index (χ2v) is 3.52. The lowest BCUT2D eigenvalue weighted by molar-refractivity contribution is 0.143. The quantitative estimate of drug-likeness (QED) is 0.396. The molecular formula is C13H19NO. The van der Waals surface area contributed by atoms with Gasteiger partial charge in [0.15, 0.2) is 0 Å². The first-order chi connectivity index (χ1) is 7.36. The van der Waals surface area contributed by atoms with Crippen LogP contribution in [0.1, 0.15) is 37.8 Å². The summed E-state index contributed by atoms with van der Waals surface area (Å²) in [5.41, 5.74) is 2.43. The average Bonchev–Trinajstić information content (AvgIpc) is 2.29. The van der Waals surface area contributed by atoms with E-state index in [9.17, 15) is 0 Å². The van der Waals surface area contributed by atoms with E-state index in [-0.39, 0.29) is 0 Å². The molecule has 82 valence electrons. The number of aryl methyl sites for hydroxylation is 1. The van der Waals surface area contributed by atoms with E-state index in [1.165, 1.54) is 5.56 Å². The van der Waals surface area contributed by atoms with Gasteiger partial charge in [0.1, 0.15) is 6.61 Å². The van der Waals surface area contributed by atoms with Crippen molar-refractivity contribution in [1.29, 1.82) is 0 Å². The van der Waals surface area contributed by atoms with Gasteiger partial charge in [-0.1, -0.05) is 49.7 Å². The van der Waals surface area contributed by atoms with Crippen LogP contribution in [0.4, 0.5) is 0 Å². The highest BCUT2D eigenvalue weighted by Gasteiger charge is 1.90. The summed E-state index contributed by atoms with van der Waals surface area (Å²) in [5, 5.41) is 3.93. The second-order valence-electron chi connectivity index (χ2n) is 3.52. The summed E-state index contributed by atoms with van der Waals surface area (Å²) in [5.74, 6) is 0. The summed E-state index contributed by atoms with van der Waals surface area (Å²) in [4.78, 5) is 5.12. The first kappa shape index (κ1) is 11.8. The fourth-order valence-corrected chi connectivity index (χ4v) is 1.25. The first-order valence-corrected chi connectivity index (χ1v) is 5.61. The zero-order valence-electron chi connectivity index (χ0n) is 9.57. The van der Waals surface area contributed by atoms with Crippen molar-refractivity contribution in [2.24, 2.45) is 5.16 Å². The van der Waals surface area contributed by atoms with Crippen LogP contribution in [0.15, 0.2) is 29.4 Å². The van der Waals surface area contributed by atoms with Crippen LogP contribution in [-0.2, 0) is 11.3 Å². The van der Waals surface area contributed by atoms with Crippen LogP contribution in [-0.4, -0.2) is 12.8 Å². The van der Waals surface area contributed by atoms with E-state index in [1.54, 1.807) is 6.21 Å². The molecule has 1 aromatic rings. The summed E-state index contributed by atoms with van der Waals surface area (Å²) in [6.45, 7) is 4.99. The van der Waals surface area contributed by atoms with Crippen LogP contribution in [0, 0.1) is 0 Å². The van der Waals surface area contributed by atoms with Crippen molar-refractivity contribution in [2.75, 3.05) is 6.61 Å². The topological polar surface area (TPSA) is 21.6 Å². The average molecular weight is 205 g/mol. The Balaban J connectivity index is 2.41. The third-order valence-electron chi connectivity index (χ3n) is 2.22. The molecular weight excluding hydrogens is 186 g/mol. The molecule has 0 aliphatic heterocycles. The fraction of sp³-hybridized carbons (Fsp3) is 0.462. The van der Waals surface area contributed by atoms with Crippen LogP contribution < -0.4 is 0 Å². The van der Waals surface area contributed by atoms with Crippen LogP contribution in [0.25, 0.3) is 0 Å². The number of hydrogen-bond donors (Lipinski definition) is 0. The Labute approximate surface area is 91.9 Å². The number of oxime groups is 1. The zero-order valence-corrected chi connectivity index (χ0v) is 9.57. The molecule has 2 heteroatoms. The molecule has 0 radical (unpaired) electrons. The van der Waals surface area contributed by atoms with Crippen LogP contribution in [0.5, 0.6) is 0 Å². The number of benzene rings is 1. The molecule has 0 amide bonds. The van der Waals surface area contributed by atoms with Gasteiger partial charge >= 0.3 is 0 Å². The minimum Gasteiger partial charge on any atom is -0.396 e. The van der Waals surface area contributed by atoms with E-state index in [0.29, 0.717) is 6.61 Å². The van der Waals surface area contributed by atoms with Crippen LogP contribution in [0.2, 0.25) is 0 Å². The molecule has 0 aromatic heterocycles. The van der Waals surface area contributed by atoms with E-state index >= 15 is 0 Å². The summed E-state index contributed by atoms with van der Waals surface area (Å²) >= 11 is 0. The largest absolute Gasteiger partial charge is 0.396 e. The molecule has 0 spiro atoms. The summed E-state index contributed by atoms with van der Waals surface area (Å²) < 4.78 is 0. The summed E-state index contributed by atoms with van der Waals surface area (Å²) in [6, 6.07) is 8.33. The van der Waals surface area contributed by atoms with Crippen molar-refractivity contribution < 1.29 is 4.84 Å². The number of hydrogen-bond acceptors (Lipinski definition) is 2. The number of nitrogens with zero attached hydrogens (tertiary/aromatic N) is 1. The second kappa shape index (κ2) is 7.04. The van der Waals surface area contributed by atoms with Gasteiger partial charge in [0.25, 0.3) is 0 Å². The smallest absolute Gasteiger partial charge is 0.117 e. The van der Waals surface area contributed by atoms with E-state index in [1.807, 2.05) is 12.1 Å². The summed E-state index contributed by atoms with van der Waals surface area (Å²) in [7, 11) is 0. The Morgan fingerprint density at radius 3 is 2.93 bits per heavy atom. The molecule has 0 bridgehead atoms. The van der Waals surface area contributed by atoms with Gasteiger partial charge < -0.3 is 4.84 Å². The molecule has 0 saturated carbocycles. The predicted octanol–water partition coefficient (Wildman–Crippen LogP) is 3.40. The lowest BCUT2D eigenvalue weighted by atomic mass is 10.1. The van der Waals surface area contributed by atoms with Crippen molar-refractivity contribution in [2.45, 2.75) is 33.1 Å². The van der Waals surface area contributed by atoms with Crippen LogP contribution in [0.3, 0.4) is 0 Å². The third kappa shape index (κ3) is 4.63. The monoisotopic (exact) mass is 205 g/mol. The zero-order chi connectivity index (χ0) is 10.9. The third-order valence-corrected chi connectivity index (χ3v) is 2.22. The number of unbranched alkanes of at least 4 members (excludes halogenated alkanes) is 1. The minimum atomic E-state index is 0.709. The van der Waals surface area contributed by atoms with Crippen molar-refractivity contribution in [3.63, 3.8) is 0 Å². The predicted molar refractivity (Wildman–Crippen MR) is 64.3 cm³/mol. The van der Waals surface area contributed by atoms with Gasteiger partial charge in [-0.15, -0.1) is 0 Å². The molecule has 0 aliphatic rings. The van der Waals surface area contributed by atoms with Gasteiger partial charge in [-0.3, -0.25) is 0 Å². The molecule has 2 nitrogen and oxygen atoms in total. The van der Waals surface area contributed by atoms with Crippen molar-refractivity contribution in [1.82, 2.24) is 0 Å². The molecule has 1 aromatic carbocycles. The molecule has 0 saturated heterocycles. The normalized spacial score (nSPS) is 10.8. The molecule has 0 unspecified atom stereocenters. The number of rotatable bonds is 6. The van der Waals surface area contributed by atoms with Gasteiger partial charge in [-0.2, -0.15) is 0 Å². The Hall–Kier alpha value is -1.31. The molecule has 0 heterocycles. The maximum absolute atomic E-state index is 5.12. The van der Waals surface area contributed by atoms with E-state index < -0.39 is 0 Å². The molecule has 1 rings (SSSR count). The summed E-state index contributed by atoms with van der Waals surface area (Å²) in [6.07, 6.45) is 5.03. The van der Waals surface area contributed by atoms with Gasteiger partial charge in [0.2, 0.25) is 0 Å². The van der Waals surface area contributed by atoms with Gasteiger partial charge in [-0.05, 0) is 24.0 Å². The molecule has 0 fully saturated rings. The van der Waals surface area contributed by atoms with E-state index in [0.717, 1.165) is 24.8 Å². The molecule has 0 aliphatic carbocycles. The minimum absolute atomic E-state index is 0.709. The van der Waals surface area contributed by atoms with Crippen LogP contribution >= 0.6 is 0 Å². The Bertz CT molecular complexity index is 307. The van der Waals surface area contributed by atoms with Crippen molar-refractivity contribution in [3.8, 4) is 0 Å². The highest BCUT2D eigenvalue weighted by molar-refractivity contribution is 5.79. The van der Waals surface area contributed by atoms with E-state index in [2.05, 4.69) is 31.1 Å². The first-order valence-electron chi connectivity index (χ1n) is 5.61. The maximum Gasteiger partial charge on any atom is 0.117 e. The molecule has 0 N–H and O–H groups in total. The highest BCUT2D eigenvalue weighted by Crippen LogP contribution is 2.03. The van der Waals surface area contributed by atoms with Gasteiger partial charge in [-0.25, -0.2) is 0 Å². The van der Waals surface area contributed by atoms with E-state index in [4.69, 9.17) is 4.84 Å². The Morgan fingerprint density at radius 1 is 1.33 bits per heavy atom. The van der Waals surface area contributed by atoms with Gasteiger partial charge in [0.05, 0.1) is 6.21 Å². The lowest BCUT2D eigenvalue weighted by Gasteiger charge is -1.98. The SMILES string of the molecule is CCCCON=Cc1cccc(CC)c1. The van der Waals surface area contributed by atoms with Crippen molar-refractivity contribution in [3.05, 3.63) is 35.4 Å². The lowest BCUT2D eigenvalue weighted by Crippen LogP contribution is -1.89. The molecule has 0 atom stereocenters. The Morgan fingerprint density at radius 2 is 2.20 bits per heavy atom. The maximum atomic E-state index is 5.12. The standard InChI is InChI=1S/C13H19NO/c1-3-5-9-15-14-11-13-8-6-7-12(4-2)10-13/h6-8,10-11H,3-5,9H2,1-2H3.